The molecule has 0 aliphatic rings. The van der Waals surface area contributed by atoms with Gasteiger partial charge in [-0.05, 0) is 62.2 Å². The molecule has 0 saturated carbocycles. The Balaban J connectivity index is 2.46. The molecule has 0 saturated heterocycles. The third kappa shape index (κ3) is 3.64. The maximum atomic E-state index is 6.42. The van der Waals surface area contributed by atoms with Crippen LogP contribution in [0.4, 0.5) is 0 Å². The number of benzene rings is 1. The predicted octanol–water partition coefficient (Wildman–Crippen LogP) is 5.87. The third-order valence-corrected chi connectivity index (χ3v) is 5.26. The van der Waals surface area contributed by atoms with Crippen LogP contribution in [-0.2, 0) is 0 Å². The maximum absolute atomic E-state index is 6.42. The van der Waals surface area contributed by atoms with E-state index in [-0.39, 0.29) is 6.04 Å². The SMILES string of the molecule is CCCNC(c1cc(Br)ccc1Cl)c1sc(C)cc1C. The molecule has 20 heavy (non-hydrogen) atoms. The molecule has 0 bridgehead atoms. The minimum atomic E-state index is 0.165. The number of hydrogen-bond donors (Lipinski definition) is 1. The first-order chi connectivity index (χ1) is 9.52. The van der Waals surface area contributed by atoms with Crippen molar-refractivity contribution in [3.8, 4) is 0 Å². The molecule has 0 aliphatic heterocycles. The van der Waals surface area contributed by atoms with Crippen LogP contribution < -0.4 is 5.32 Å². The average molecular weight is 373 g/mol. The molecule has 1 atom stereocenters. The normalized spacial score (nSPS) is 12.7. The number of aryl methyl sites for hydroxylation is 2. The number of hydrogen-bond acceptors (Lipinski definition) is 2. The highest BCUT2D eigenvalue weighted by molar-refractivity contribution is 9.10. The van der Waals surface area contributed by atoms with E-state index in [9.17, 15) is 0 Å². The molecule has 4 heteroatoms. The Labute approximate surface area is 138 Å². The second kappa shape index (κ2) is 7.08. The summed E-state index contributed by atoms with van der Waals surface area (Å²) in [6.45, 7) is 7.48. The number of thiophene rings is 1. The van der Waals surface area contributed by atoms with E-state index in [0.717, 1.165) is 28.0 Å². The molecule has 1 N–H and O–H groups in total. The standard InChI is InChI=1S/C16H19BrClNS/c1-4-7-19-15(16-10(2)8-11(3)20-16)13-9-12(17)5-6-14(13)18/h5-6,8-9,15,19H,4,7H2,1-3H3. The van der Waals surface area contributed by atoms with Crippen LogP contribution in [0, 0.1) is 13.8 Å². The van der Waals surface area contributed by atoms with Crippen molar-refractivity contribution >= 4 is 38.9 Å². The van der Waals surface area contributed by atoms with Gasteiger partial charge in [0.05, 0.1) is 6.04 Å². The monoisotopic (exact) mass is 371 g/mol. The van der Waals surface area contributed by atoms with Gasteiger partial charge in [-0.25, -0.2) is 0 Å². The van der Waals surface area contributed by atoms with Gasteiger partial charge in [0.1, 0.15) is 0 Å². The van der Waals surface area contributed by atoms with Crippen LogP contribution >= 0.6 is 38.9 Å². The topological polar surface area (TPSA) is 12.0 Å². The van der Waals surface area contributed by atoms with Crippen LogP contribution in [-0.4, -0.2) is 6.54 Å². The predicted molar refractivity (Wildman–Crippen MR) is 93.1 cm³/mol. The van der Waals surface area contributed by atoms with Gasteiger partial charge >= 0.3 is 0 Å². The molecule has 2 rings (SSSR count). The Morgan fingerprint density at radius 1 is 1.30 bits per heavy atom. The minimum absolute atomic E-state index is 0.165. The Hall–Kier alpha value is -0.350. The lowest BCUT2D eigenvalue weighted by Gasteiger charge is -2.20. The van der Waals surface area contributed by atoms with E-state index in [1.807, 2.05) is 23.5 Å². The Morgan fingerprint density at radius 3 is 2.65 bits per heavy atom. The van der Waals surface area contributed by atoms with Crippen LogP contribution in [0.2, 0.25) is 5.02 Å². The van der Waals surface area contributed by atoms with E-state index in [1.54, 1.807) is 0 Å². The van der Waals surface area contributed by atoms with Crippen LogP contribution in [0.3, 0.4) is 0 Å². The first kappa shape index (κ1) is 16.0. The van der Waals surface area contributed by atoms with Crippen LogP contribution in [0.1, 0.15) is 40.3 Å². The van der Waals surface area contributed by atoms with E-state index >= 15 is 0 Å². The zero-order valence-electron chi connectivity index (χ0n) is 12.0. The Bertz CT molecular complexity index is 594. The van der Waals surface area contributed by atoms with Gasteiger partial charge < -0.3 is 5.32 Å². The van der Waals surface area contributed by atoms with E-state index in [1.165, 1.54) is 15.3 Å². The molecule has 0 spiro atoms. The summed E-state index contributed by atoms with van der Waals surface area (Å²) in [5.41, 5.74) is 2.47. The Kier molecular flexibility index (Phi) is 5.67. The summed E-state index contributed by atoms with van der Waals surface area (Å²) in [6.07, 6.45) is 1.10. The summed E-state index contributed by atoms with van der Waals surface area (Å²) in [4.78, 5) is 2.70. The van der Waals surface area contributed by atoms with Crippen molar-refractivity contribution in [3.05, 3.63) is 54.6 Å². The number of rotatable bonds is 5. The summed E-state index contributed by atoms with van der Waals surface area (Å²) in [6, 6.07) is 8.46. The largest absolute Gasteiger partial charge is 0.306 e. The second-order valence-electron chi connectivity index (χ2n) is 4.96. The Morgan fingerprint density at radius 2 is 2.05 bits per heavy atom. The molecule has 0 aliphatic carbocycles. The summed E-state index contributed by atoms with van der Waals surface area (Å²) >= 11 is 11.8. The van der Waals surface area contributed by atoms with E-state index in [2.05, 4.69) is 54.2 Å². The molecular weight excluding hydrogens is 354 g/mol. The van der Waals surface area contributed by atoms with Gasteiger partial charge in [0.15, 0.2) is 0 Å². The molecule has 0 fully saturated rings. The molecule has 1 aromatic heterocycles. The van der Waals surface area contributed by atoms with E-state index in [0.29, 0.717) is 0 Å². The lowest BCUT2D eigenvalue weighted by Crippen LogP contribution is -2.23. The van der Waals surface area contributed by atoms with Gasteiger partial charge in [-0.15, -0.1) is 11.3 Å². The van der Waals surface area contributed by atoms with Gasteiger partial charge in [0.25, 0.3) is 0 Å². The molecule has 0 radical (unpaired) electrons. The van der Waals surface area contributed by atoms with Gasteiger partial charge in [0, 0.05) is 19.2 Å². The van der Waals surface area contributed by atoms with Gasteiger partial charge in [0.2, 0.25) is 0 Å². The third-order valence-electron chi connectivity index (χ3n) is 3.21. The van der Waals surface area contributed by atoms with Crippen molar-refractivity contribution in [1.29, 1.82) is 0 Å². The maximum Gasteiger partial charge on any atom is 0.0688 e. The smallest absolute Gasteiger partial charge is 0.0688 e. The molecule has 1 aromatic carbocycles. The summed E-state index contributed by atoms with van der Waals surface area (Å²) in [5, 5.41) is 4.44. The van der Waals surface area contributed by atoms with Gasteiger partial charge in [-0.2, -0.15) is 0 Å². The molecule has 1 unspecified atom stereocenters. The number of nitrogens with one attached hydrogen (secondary N) is 1. The quantitative estimate of drug-likeness (QED) is 0.692. The van der Waals surface area contributed by atoms with Crippen LogP contribution in [0.5, 0.6) is 0 Å². The van der Waals surface area contributed by atoms with E-state index in [4.69, 9.17) is 11.6 Å². The molecule has 1 nitrogen and oxygen atoms in total. The molecule has 108 valence electrons. The summed E-state index contributed by atoms with van der Waals surface area (Å²) in [7, 11) is 0. The molecule has 1 heterocycles. The highest BCUT2D eigenvalue weighted by Crippen LogP contribution is 2.36. The molecular formula is C16H19BrClNS. The van der Waals surface area contributed by atoms with Crippen LogP contribution in [0.25, 0.3) is 0 Å². The number of halogens is 2. The highest BCUT2D eigenvalue weighted by atomic mass is 79.9. The lowest BCUT2D eigenvalue weighted by atomic mass is 10.0. The average Bonchev–Trinajstić information content (AvgIpc) is 2.73. The highest BCUT2D eigenvalue weighted by Gasteiger charge is 2.20. The first-order valence-electron chi connectivity index (χ1n) is 6.78. The minimum Gasteiger partial charge on any atom is -0.306 e. The van der Waals surface area contributed by atoms with Crippen molar-refractivity contribution in [2.24, 2.45) is 0 Å². The van der Waals surface area contributed by atoms with Crippen molar-refractivity contribution < 1.29 is 0 Å². The van der Waals surface area contributed by atoms with Crippen molar-refractivity contribution in [2.45, 2.75) is 33.2 Å². The first-order valence-corrected chi connectivity index (χ1v) is 8.77. The molecule has 0 amide bonds. The fourth-order valence-corrected chi connectivity index (χ4v) is 4.05. The molecule has 2 aromatic rings. The van der Waals surface area contributed by atoms with Crippen LogP contribution in [0.15, 0.2) is 28.7 Å². The second-order valence-corrected chi connectivity index (χ2v) is 7.57. The zero-order valence-corrected chi connectivity index (χ0v) is 15.1. The van der Waals surface area contributed by atoms with E-state index < -0.39 is 0 Å². The van der Waals surface area contributed by atoms with Crippen molar-refractivity contribution in [1.82, 2.24) is 5.32 Å². The summed E-state index contributed by atoms with van der Waals surface area (Å²) in [5.74, 6) is 0. The fraction of sp³-hybridized carbons (Fsp3) is 0.375. The lowest BCUT2D eigenvalue weighted by molar-refractivity contribution is 0.604. The van der Waals surface area contributed by atoms with Gasteiger partial charge in [-0.3, -0.25) is 0 Å². The van der Waals surface area contributed by atoms with Crippen molar-refractivity contribution in [3.63, 3.8) is 0 Å². The zero-order chi connectivity index (χ0) is 14.7. The summed E-state index contributed by atoms with van der Waals surface area (Å²) < 4.78 is 1.06. The van der Waals surface area contributed by atoms with Gasteiger partial charge in [-0.1, -0.05) is 34.5 Å². The van der Waals surface area contributed by atoms with Crippen molar-refractivity contribution in [2.75, 3.05) is 6.54 Å². The fourth-order valence-electron chi connectivity index (χ4n) is 2.31.